The summed E-state index contributed by atoms with van der Waals surface area (Å²) in [6, 6.07) is 10.5. The van der Waals surface area contributed by atoms with E-state index in [1.54, 1.807) is 11.3 Å². The van der Waals surface area contributed by atoms with Crippen molar-refractivity contribution in [1.29, 1.82) is 0 Å². The highest BCUT2D eigenvalue weighted by atomic mass is 32.1. The van der Waals surface area contributed by atoms with E-state index in [0.717, 1.165) is 27.9 Å². The molecule has 0 spiro atoms. The summed E-state index contributed by atoms with van der Waals surface area (Å²) in [5.41, 5.74) is 5.48. The summed E-state index contributed by atoms with van der Waals surface area (Å²) < 4.78 is 2.03. The molecule has 1 aromatic carbocycles. The van der Waals surface area contributed by atoms with Crippen LogP contribution < -0.4 is 0 Å². The molecule has 0 aliphatic rings. The zero-order valence-corrected chi connectivity index (χ0v) is 11.7. The molecule has 0 amide bonds. The second kappa shape index (κ2) is 4.31. The van der Waals surface area contributed by atoms with Crippen LogP contribution in [0.15, 0.2) is 48.2 Å². The van der Waals surface area contributed by atoms with E-state index in [0.29, 0.717) is 0 Å². The Bertz CT molecular complexity index is 870. The predicted molar refractivity (Wildman–Crippen MR) is 81.6 cm³/mol. The first-order chi connectivity index (χ1) is 9.83. The van der Waals surface area contributed by atoms with Crippen molar-refractivity contribution in [3.8, 4) is 21.7 Å². The van der Waals surface area contributed by atoms with Crippen LogP contribution >= 0.6 is 11.3 Å². The molecule has 1 N–H and O–H groups in total. The van der Waals surface area contributed by atoms with Gasteiger partial charge in [-0.1, -0.05) is 12.1 Å². The fraction of sp³-hybridized carbons (Fsp3) is 0.0667. The molecule has 0 unspecified atom stereocenters. The maximum Gasteiger partial charge on any atom is 0.0955 e. The average Bonchev–Trinajstić information content (AvgIpc) is 3.18. The minimum Gasteiger partial charge on any atom is -0.334 e. The Labute approximate surface area is 119 Å². The van der Waals surface area contributed by atoms with Gasteiger partial charge in [0.15, 0.2) is 0 Å². The fourth-order valence-electron chi connectivity index (χ4n) is 2.41. The molecule has 0 saturated heterocycles. The van der Waals surface area contributed by atoms with Crippen LogP contribution in [0.1, 0.15) is 0 Å². The number of thiophene rings is 1. The Morgan fingerprint density at radius 3 is 3.05 bits per heavy atom. The van der Waals surface area contributed by atoms with Gasteiger partial charge in [0.2, 0.25) is 0 Å². The van der Waals surface area contributed by atoms with Crippen LogP contribution in [0.2, 0.25) is 0 Å². The number of aryl methyl sites for hydroxylation is 1. The Morgan fingerprint density at radius 1 is 1.25 bits per heavy atom. The molecule has 4 nitrogen and oxygen atoms in total. The van der Waals surface area contributed by atoms with Crippen molar-refractivity contribution in [3.05, 3.63) is 48.2 Å². The predicted octanol–water partition coefficient (Wildman–Crippen LogP) is 3.69. The lowest BCUT2D eigenvalue weighted by Crippen LogP contribution is -1.85. The monoisotopic (exact) mass is 280 g/mol. The van der Waals surface area contributed by atoms with Crippen molar-refractivity contribution in [2.24, 2.45) is 7.05 Å². The van der Waals surface area contributed by atoms with Gasteiger partial charge >= 0.3 is 0 Å². The van der Waals surface area contributed by atoms with Gasteiger partial charge in [-0.05, 0) is 29.1 Å². The largest absolute Gasteiger partial charge is 0.334 e. The number of H-pyrrole nitrogens is 1. The Kier molecular flexibility index (Phi) is 2.47. The van der Waals surface area contributed by atoms with Crippen LogP contribution in [-0.2, 0) is 7.05 Å². The standard InChI is InChI=1S/C15H12N4S/c1-19-9-16-12-5-4-10(7-13(12)19)11-8-17-18-15(11)14-3-2-6-20-14/h2-9H,1H3,(H,17,18). The lowest BCUT2D eigenvalue weighted by Gasteiger charge is -2.03. The van der Waals surface area contributed by atoms with Crippen molar-refractivity contribution in [3.63, 3.8) is 0 Å². The van der Waals surface area contributed by atoms with Crippen LogP contribution in [-0.4, -0.2) is 19.7 Å². The van der Waals surface area contributed by atoms with E-state index in [9.17, 15) is 0 Å². The van der Waals surface area contributed by atoms with E-state index >= 15 is 0 Å². The van der Waals surface area contributed by atoms with Crippen molar-refractivity contribution < 1.29 is 0 Å². The Morgan fingerprint density at radius 2 is 2.20 bits per heavy atom. The van der Waals surface area contributed by atoms with Gasteiger partial charge in [-0.3, -0.25) is 5.10 Å². The molecule has 0 fully saturated rings. The SMILES string of the molecule is Cn1cnc2ccc(-c3cn[nH]c3-c3cccs3)cc21. The van der Waals surface area contributed by atoms with Gasteiger partial charge < -0.3 is 4.57 Å². The fourth-order valence-corrected chi connectivity index (χ4v) is 3.14. The molecule has 0 atom stereocenters. The molecule has 0 bridgehead atoms. The third-order valence-electron chi connectivity index (χ3n) is 3.44. The van der Waals surface area contributed by atoms with Crippen LogP contribution in [0.3, 0.4) is 0 Å². The molecule has 3 heterocycles. The quantitative estimate of drug-likeness (QED) is 0.608. The summed E-state index contributed by atoms with van der Waals surface area (Å²) in [5, 5.41) is 9.38. The maximum atomic E-state index is 4.35. The number of aromatic nitrogens is 4. The summed E-state index contributed by atoms with van der Waals surface area (Å²) in [7, 11) is 2.01. The summed E-state index contributed by atoms with van der Waals surface area (Å²) in [6.07, 6.45) is 3.72. The second-order valence-corrected chi connectivity index (χ2v) is 5.64. The normalized spacial score (nSPS) is 11.2. The zero-order chi connectivity index (χ0) is 13.5. The molecular formula is C15H12N4S. The number of nitrogens with zero attached hydrogens (tertiary/aromatic N) is 3. The summed E-state index contributed by atoms with van der Waals surface area (Å²) in [4.78, 5) is 5.55. The molecule has 4 aromatic rings. The third-order valence-corrected chi connectivity index (χ3v) is 4.33. The third kappa shape index (κ3) is 1.67. The minimum absolute atomic E-state index is 1.01. The van der Waals surface area contributed by atoms with E-state index in [1.165, 1.54) is 4.88 Å². The van der Waals surface area contributed by atoms with E-state index in [-0.39, 0.29) is 0 Å². The minimum atomic E-state index is 1.01. The Hall–Kier alpha value is -2.40. The molecule has 5 heteroatoms. The topological polar surface area (TPSA) is 46.5 Å². The number of rotatable bonds is 2. The van der Waals surface area contributed by atoms with E-state index in [1.807, 2.05) is 24.1 Å². The van der Waals surface area contributed by atoms with Crippen LogP contribution in [0.4, 0.5) is 0 Å². The maximum absolute atomic E-state index is 4.35. The average molecular weight is 280 g/mol. The molecule has 4 rings (SSSR count). The van der Waals surface area contributed by atoms with Crippen LogP contribution in [0, 0.1) is 0 Å². The van der Waals surface area contributed by atoms with Crippen molar-refractivity contribution in [2.75, 3.05) is 0 Å². The first kappa shape index (κ1) is 11.4. The lowest BCUT2D eigenvalue weighted by molar-refractivity contribution is 0.948. The highest BCUT2D eigenvalue weighted by Crippen LogP contribution is 2.33. The Balaban J connectivity index is 1.91. The number of hydrogen-bond acceptors (Lipinski definition) is 3. The molecule has 3 aromatic heterocycles. The lowest BCUT2D eigenvalue weighted by atomic mass is 10.1. The van der Waals surface area contributed by atoms with Crippen LogP contribution in [0.25, 0.3) is 32.7 Å². The highest BCUT2D eigenvalue weighted by Gasteiger charge is 2.12. The number of imidazole rings is 1. The van der Waals surface area contributed by atoms with Crippen molar-refractivity contribution in [2.45, 2.75) is 0 Å². The zero-order valence-electron chi connectivity index (χ0n) is 10.9. The molecule has 98 valence electrons. The number of hydrogen-bond donors (Lipinski definition) is 1. The highest BCUT2D eigenvalue weighted by molar-refractivity contribution is 7.13. The van der Waals surface area contributed by atoms with E-state index < -0.39 is 0 Å². The van der Waals surface area contributed by atoms with Gasteiger partial charge in [0, 0.05) is 12.6 Å². The molecular weight excluding hydrogens is 268 g/mol. The van der Waals surface area contributed by atoms with Crippen LogP contribution in [0.5, 0.6) is 0 Å². The first-order valence-corrected chi connectivity index (χ1v) is 7.19. The number of aromatic amines is 1. The summed E-state index contributed by atoms with van der Waals surface area (Å²) in [6.45, 7) is 0. The van der Waals surface area contributed by atoms with Crippen molar-refractivity contribution in [1.82, 2.24) is 19.7 Å². The van der Waals surface area contributed by atoms with Gasteiger partial charge in [0.25, 0.3) is 0 Å². The van der Waals surface area contributed by atoms with Crippen molar-refractivity contribution >= 4 is 22.4 Å². The van der Waals surface area contributed by atoms with Gasteiger partial charge in [0.05, 0.1) is 34.1 Å². The smallest absolute Gasteiger partial charge is 0.0955 e. The van der Waals surface area contributed by atoms with Gasteiger partial charge in [-0.15, -0.1) is 11.3 Å². The summed E-state index contributed by atoms with van der Waals surface area (Å²) >= 11 is 1.71. The number of nitrogens with one attached hydrogen (secondary N) is 1. The molecule has 0 radical (unpaired) electrons. The molecule has 0 aliphatic heterocycles. The second-order valence-electron chi connectivity index (χ2n) is 4.69. The van der Waals surface area contributed by atoms with Gasteiger partial charge in [-0.2, -0.15) is 5.10 Å². The first-order valence-electron chi connectivity index (χ1n) is 6.31. The number of benzene rings is 1. The number of fused-ring (bicyclic) bond motifs is 1. The van der Waals surface area contributed by atoms with E-state index in [4.69, 9.17) is 0 Å². The van der Waals surface area contributed by atoms with E-state index in [2.05, 4.69) is 50.9 Å². The summed E-state index contributed by atoms with van der Waals surface area (Å²) in [5.74, 6) is 0. The molecule has 0 aliphatic carbocycles. The van der Waals surface area contributed by atoms with Gasteiger partial charge in [-0.25, -0.2) is 4.98 Å². The van der Waals surface area contributed by atoms with Gasteiger partial charge in [0.1, 0.15) is 0 Å². The molecule has 0 saturated carbocycles. The molecule has 20 heavy (non-hydrogen) atoms.